The molecule has 212 valence electrons. The van der Waals surface area contributed by atoms with Crippen molar-refractivity contribution in [3.8, 4) is 17.0 Å². The number of piperidine rings is 1. The van der Waals surface area contributed by atoms with Crippen molar-refractivity contribution in [2.45, 2.75) is 83.9 Å². The molecule has 0 aliphatic carbocycles. The predicted octanol–water partition coefficient (Wildman–Crippen LogP) is 5.62. The second kappa shape index (κ2) is 11.5. The molecule has 3 aliphatic heterocycles. The van der Waals surface area contributed by atoms with E-state index in [9.17, 15) is 4.79 Å². The number of hydrogen-bond acceptors (Lipinski definition) is 6. The SMILES string of the molecule is CCOc1ccccc1-c1ccc2c(n1)CN(C[C@H]1CCCN1C(=O)OC(C)(C)C)C[C@]21CCNC[C@H]1CC. The van der Waals surface area contributed by atoms with E-state index < -0.39 is 5.60 Å². The summed E-state index contributed by atoms with van der Waals surface area (Å²) in [6.45, 7) is 16.3. The van der Waals surface area contributed by atoms with Crippen LogP contribution in [0.15, 0.2) is 36.4 Å². The van der Waals surface area contributed by atoms with Crippen molar-refractivity contribution in [1.82, 2.24) is 20.1 Å². The van der Waals surface area contributed by atoms with Crippen LogP contribution in [0.1, 0.15) is 71.6 Å². The number of carbonyl (C=O) groups is 1. The Hall–Kier alpha value is -2.64. The summed E-state index contributed by atoms with van der Waals surface area (Å²) in [4.78, 5) is 22.9. The molecule has 3 atom stereocenters. The van der Waals surface area contributed by atoms with E-state index in [0.717, 1.165) is 82.0 Å². The molecule has 0 unspecified atom stereocenters. The van der Waals surface area contributed by atoms with Crippen LogP contribution < -0.4 is 10.1 Å². The quantitative estimate of drug-likeness (QED) is 0.519. The third-order valence-corrected chi connectivity index (χ3v) is 8.74. The number of fused-ring (bicyclic) bond motifs is 2. The van der Waals surface area contributed by atoms with Gasteiger partial charge in [-0.1, -0.05) is 31.5 Å². The van der Waals surface area contributed by atoms with Gasteiger partial charge in [0.05, 0.1) is 18.0 Å². The monoisotopic (exact) mass is 534 g/mol. The van der Waals surface area contributed by atoms with Gasteiger partial charge in [0.1, 0.15) is 11.4 Å². The molecule has 3 aliphatic rings. The minimum Gasteiger partial charge on any atom is -0.493 e. The number of nitrogens with zero attached hydrogens (tertiary/aromatic N) is 3. The summed E-state index contributed by atoms with van der Waals surface area (Å²) in [7, 11) is 0. The zero-order valence-corrected chi connectivity index (χ0v) is 24.5. The fourth-order valence-corrected chi connectivity index (χ4v) is 7.04. The normalized spacial score (nSPS) is 25.5. The maximum Gasteiger partial charge on any atom is 0.410 e. The molecule has 1 N–H and O–H groups in total. The van der Waals surface area contributed by atoms with Gasteiger partial charge in [0.25, 0.3) is 0 Å². The van der Waals surface area contributed by atoms with E-state index in [4.69, 9.17) is 14.5 Å². The van der Waals surface area contributed by atoms with E-state index in [2.05, 4.69) is 41.4 Å². The summed E-state index contributed by atoms with van der Waals surface area (Å²) in [6.07, 6.45) is 4.09. The molecule has 2 saturated heterocycles. The van der Waals surface area contributed by atoms with Crippen LogP contribution in [0, 0.1) is 5.92 Å². The first-order chi connectivity index (χ1) is 18.7. The third-order valence-electron chi connectivity index (χ3n) is 8.74. The topological polar surface area (TPSA) is 66.9 Å². The molecule has 1 aromatic carbocycles. The second-order valence-corrected chi connectivity index (χ2v) is 12.5. The molecule has 0 saturated carbocycles. The Morgan fingerprint density at radius 3 is 2.77 bits per heavy atom. The number of hydrogen-bond donors (Lipinski definition) is 1. The van der Waals surface area contributed by atoms with Gasteiger partial charge in [-0.15, -0.1) is 0 Å². The Morgan fingerprint density at radius 1 is 1.18 bits per heavy atom. The van der Waals surface area contributed by atoms with Gasteiger partial charge in [0.2, 0.25) is 0 Å². The van der Waals surface area contributed by atoms with Crippen molar-refractivity contribution in [2.24, 2.45) is 5.92 Å². The van der Waals surface area contributed by atoms with Crippen LogP contribution in [0.3, 0.4) is 0 Å². The van der Waals surface area contributed by atoms with Crippen LogP contribution in [0.5, 0.6) is 5.75 Å². The summed E-state index contributed by atoms with van der Waals surface area (Å²) >= 11 is 0. The van der Waals surface area contributed by atoms with E-state index in [0.29, 0.717) is 12.5 Å². The van der Waals surface area contributed by atoms with Crippen LogP contribution in [-0.2, 0) is 16.7 Å². The Kier molecular flexibility index (Phi) is 8.20. The van der Waals surface area contributed by atoms with Crippen molar-refractivity contribution in [1.29, 1.82) is 0 Å². The number of para-hydroxylation sites is 1. The van der Waals surface area contributed by atoms with Crippen LogP contribution >= 0.6 is 0 Å². The summed E-state index contributed by atoms with van der Waals surface area (Å²) in [5.74, 6) is 1.42. The summed E-state index contributed by atoms with van der Waals surface area (Å²) in [5.41, 5.74) is 4.17. The van der Waals surface area contributed by atoms with Crippen molar-refractivity contribution >= 4 is 6.09 Å². The van der Waals surface area contributed by atoms with Gasteiger partial charge in [-0.2, -0.15) is 0 Å². The van der Waals surface area contributed by atoms with Crippen molar-refractivity contribution in [3.63, 3.8) is 0 Å². The first-order valence-electron chi connectivity index (χ1n) is 14.9. The molecule has 4 heterocycles. The molecule has 7 heteroatoms. The van der Waals surface area contributed by atoms with Gasteiger partial charge in [0.15, 0.2) is 0 Å². The number of carbonyl (C=O) groups excluding carboxylic acids is 1. The number of ether oxygens (including phenoxy) is 2. The first-order valence-corrected chi connectivity index (χ1v) is 14.9. The average Bonchev–Trinajstić information content (AvgIpc) is 3.36. The van der Waals surface area contributed by atoms with Crippen LogP contribution in [-0.4, -0.2) is 71.9 Å². The lowest BCUT2D eigenvalue weighted by atomic mass is 9.63. The minimum absolute atomic E-state index is 0.0634. The van der Waals surface area contributed by atoms with E-state index in [1.165, 1.54) is 11.3 Å². The maximum absolute atomic E-state index is 13.0. The standard InChI is InChI=1S/C32H46N4O3/c1-6-23-19-33-17-16-32(23)22-35(20-24-11-10-18-36(24)30(37)39-31(3,4)5)21-28-26(32)14-15-27(34-28)25-12-8-9-13-29(25)38-7-2/h8-9,12-15,23-24,33H,6-7,10-11,16-22H2,1-5H3/t23-,24-,32+/m1/s1. The lowest BCUT2D eigenvalue weighted by molar-refractivity contribution is 0.0160. The number of nitrogens with one attached hydrogen (secondary N) is 1. The molecule has 0 radical (unpaired) electrons. The van der Waals surface area contributed by atoms with Gasteiger partial charge in [0, 0.05) is 43.2 Å². The van der Waals surface area contributed by atoms with Crippen molar-refractivity contribution in [3.05, 3.63) is 47.7 Å². The zero-order valence-electron chi connectivity index (χ0n) is 24.5. The van der Waals surface area contributed by atoms with Crippen molar-refractivity contribution < 1.29 is 14.3 Å². The molecular weight excluding hydrogens is 488 g/mol. The van der Waals surface area contributed by atoms with Crippen LogP contribution in [0.4, 0.5) is 4.79 Å². The number of rotatable bonds is 6. The number of pyridine rings is 1. The smallest absolute Gasteiger partial charge is 0.410 e. The highest BCUT2D eigenvalue weighted by Crippen LogP contribution is 2.45. The van der Waals surface area contributed by atoms with Gasteiger partial charge in [-0.05, 0) is 89.7 Å². The highest BCUT2D eigenvalue weighted by Gasteiger charge is 2.47. The highest BCUT2D eigenvalue weighted by atomic mass is 16.6. The predicted molar refractivity (Wildman–Crippen MR) is 155 cm³/mol. The van der Waals surface area contributed by atoms with Gasteiger partial charge in [-0.25, -0.2) is 4.79 Å². The Bertz CT molecular complexity index is 1160. The van der Waals surface area contributed by atoms with E-state index >= 15 is 0 Å². The minimum atomic E-state index is -0.486. The first kappa shape index (κ1) is 27.9. The van der Waals surface area contributed by atoms with Gasteiger partial charge < -0.3 is 19.7 Å². The average molecular weight is 535 g/mol. The van der Waals surface area contributed by atoms with Gasteiger partial charge >= 0.3 is 6.09 Å². The van der Waals surface area contributed by atoms with Crippen LogP contribution in [0.25, 0.3) is 11.3 Å². The molecule has 39 heavy (non-hydrogen) atoms. The Labute approximate surface area is 234 Å². The largest absolute Gasteiger partial charge is 0.493 e. The molecular formula is C32H46N4O3. The molecule has 1 aromatic heterocycles. The second-order valence-electron chi connectivity index (χ2n) is 12.5. The van der Waals surface area contributed by atoms with Crippen molar-refractivity contribution in [2.75, 3.05) is 39.3 Å². The molecule has 7 nitrogen and oxygen atoms in total. The lowest BCUT2D eigenvalue weighted by Crippen LogP contribution is -2.58. The van der Waals surface area contributed by atoms with E-state index in [1.807, 2.05) is 44.7 Å². The third kappa shape index (κ3) is 5.80. The molecule has 1 spiro atoms. The summed E-state index contributed by atoms with van der Waals surface area (Å²) < 4.78 is 11.7. The molecule has 2 aromatic rings. The molecule has 5 rings (SSSR count). The Morgan fingerprint density at radius 2 is 2.00 bits per heavy atom. The summed E-state index contributed by atoms with van der Waals surface area (Å²) in [5, 5.41) is 3.65. The van der Waals surface area contributed by atoms with E-state index in [-0.39, 0.29) is 17.6 Å². The highest BCUT2D eigenvalue weighted by molar-refractivity contribution is 5.69. The van der Waals surface area contributed by atoms with Gasteiger partial charge in [-0.3, -0.25) is 9.88 Å². The molecule has 1 amide bonds. The maximum atomic E-state index is 13.0. The van der Waals surface area contributed by atoms with Crippen LogP contribution in [0.2, 0.25) is 0 Å². The number of benzene rings is 1. The fraction of sp³-hybridized carbons (Fsp3) is 0.625. The lowest BCUT2D eigenvalue weighted by Gasteiger charge is -2.51. The van der Waals surface area contributed by atoms with E-state index in [1.54, 1.807) is 0 Å². The fourth-order valence-electron chi connectivity index (χ4n) is 7.04. The number of aromatic nitrogens is 1. The summed E-state index contributed by atoms with van der Waals surface area (Å²) in [6, 6.07) is 12.9. The zero-order chi connectivity index (χ0) is 27.6. The number of amides is 1. The Balaban J connectivity index is 1.48. The number of likely N-dealkylation sites (tertiary alicyclic amines) is 1. The molecule has 0 bridgehead atoms. The molecule has 2 fully saturated rings.